The summed E-state index contributed by atoms with van der Waals surface area (Å²) < 4.78 is 35.6. The Morgan fingerprint density at radius 1 is 1.26 bits per heavy atom. The third-order valence-corrected chi connectivity index (χ3v) is 5.51. The smallest absolute Gasteiger partial charge is 0.340 e. The molecule has 10 heteroatoms. The number of amides is 1. The van der Waals surface area contributed by atoms with Crippen LogP contribution in [0.25, 0.3) is 0 Å². The van der Waals surface area contributed by atoms with Crippen LogP contribution in [0, 0.1) is 0 Å². The molecule has 0 bridgehead atoms. The van der Waals surface area contributed by atoms with Gasteiger partial charge in [-0.05, 0) is 38.5 Å². The van der Waals surface area contributed by atoms with E-state index in [1.54, 1.807) is 0 Å². The van der Waals surface area contributed by atoms with Gasteiger partial charge in [-0.2, -0.15) is 0 Å². The molecule has 1 N–H and O–H groups in total. The zero-order valence-electron chi connectivity index (χ0n) is 15.8. The number of nitrogens with zero attached hydrogens (tertiary/aromatic N) is 1. The van der Waals surface area contributed by atoms with Crippen LogP contribution in [-0.4, -0.2) is 64.6 Å². The van der Waals surface area contributed by atoms with E-state index in [0.717, 1.165) is 10.4 Å². The lowest BCUT2D eigenvalue weighted by molar-refractivity contribution is -0.124. The SMILES string of the molecule is CC(C)OCCCNC(=O)COC(=O)c1cc(S(=O)(=O)N(C)C)ccc1Cl. The maximum absolute atomic E-state index is 12.2. The third kappa shape index (κ3) is 7.45. The predicted octanol–water partition coefficient (Wildman–Crippen LogP) is 1.68. The molecule has 0 radical (unpaired) electrons. The van der Waals surface area contributed by atoms with Gasteiger partial charge in [0.2, 0.25) is 10.0 Å². The molecule has 0 heterocycles. The summed E-state index contributed by atoms with van der Waals surface area (Å²) in [7, 11) is -0.982. The van der Waals surface area contributed by atoms with Crippen molar-refractivity contribution in [2.24, 2.45) is 0 Å². The number of halogens is 1. The Kier molecular flexibility index (Phi) is 9.17. The van der Waals surface area contributed by atoms with Gasteiger partial charge in [0.25, 0.3) is 5.91 Å². The summed E-state index contributed by atoms with van der Waals surface area (Å²) in [6, 6.07) is 3.71. The van der Waals surface area contributed by atoms with Gasteiger partial charge in [0.1, 0.15) is 0 Å². The van der Waals surface area contributed by atoms with E-state index in [4.69, 9.17) is 21.1 Å². The van der Waals surface area contributed by atoms with Crippen molar-refractivity contribution in [3.8, 4) is 0 Å². The van der Waals surface area contributed by atoms with Crippen LogP contribution in [-0.2, 0) is 24.3 Å². The number of nitrogens with one attached hydrogen (secondary N) is 1. The molecule has 0 saturated heterocycles. The minimum absolute atomic E-state index is 0.0314. The van der Waals surface area contributed by atoms with Gasteiger partial charge < -0.3 is 14.8 Å². The maximum Gasteiger partial charge on any atom is 0.340 e. The number of carbonyl (C=O) groups excluding carboxylic acids is 2. The number of hydrogen-bond acceptors (Lipinski definition) is 6. The molecule has 0 aliphatic carbocycles. The molecule has 1 aromatic carbocycles. The van der Waals surface area contributed by atoms with Crippen molar-refractivity contribution in [2.75, 3.05) is 33.9 Å². The van der Waals surface area contributed by atoms with Gasteiger partial charge in [0, 0.05) is 27.2 Å². The quantitative estimate of drug-likeness (QED) is 0.456. The molecular weight excluding hydrogens is 396 g/mol. The van der Waals surface area contributed by atoms with Gasteiger partial charge in [-0.1, -0.05) is 11.6 Å². The first kappa shape index (κ1) is 23.4. The maximum atomic E-state index is 12.2. The van der Waals surface area contributed by atoms with Crippen LogP contribution < -0.4 is 5.32 Å². The summed E-state index contributed by atoms with van der Waals surface area (Å²) in [6.45, 7) is 4.25. The summed E-state index contributed by atoms with van der Waals surface area (Å²) in [6.07, 6.45) is 0.757. The van der Waals surface area contributed by atoms with Gasteiger partial charge >= 0.3 is 5.97 Å². The predicted molar refractivity (Wildman–Crippen MR) is 101 cm³/mol. The fourth-order valence-corrected chi connectivity index (χ4v) is 3.03. The lowest BCUT2D eigenvalue weighted by atomic mass is 10.2. The van der Waals surface area contributed by atoms with Crippen molar-refractivity contribution in [1.82, 2.24) is 9.62 Å². The Hall–Kier alpha value is -1.68. The van der Waals surface area contributed by atoms with Crippen LogP contribution in [0.4, 0.5) is 0 Å². The van der Waals surface area contributed by atoms with Crippen molar-refractivity contribution in [3.05, 3.63) is 28.8 Å². The lowest BCUT2D eigenvalue weighted by Crippen LogP contribution is -2.30. The molecule has 0 aliphatic rings. The minimum atomic E-state index is -3.73. The van der Waals surface area contributed by atoms with Crippen LogP contribution in [0.1, 0.15) is 30.6 Å². The van der Waals surface area contributed by atoms with Gasteiger partial charge in [0.15, 0.2) is 6.61 Å². The highest BCUT2D eigenvalue weighted by Crippen LogP contribution is 2.22. The highest BCUT2D eigenvalue weighted by molar-refractivity contribution is 7.89. The first-order chi connectivity index (χ1) is 12.6. The zero-order valence-corrected chi connectivity index (χ0v) is 17.4. The Morgan fingerprint density at radius 3 is 2.52 bits per heavy atom. The lowest BCUT2D eigenvalue weighted by Gasteiger charge is -2.13. The topological polar surface area (TPSA) is 102 Å². The number of rotatable bonds is 10. The van der Waals surface area contributed by atoms with E-state index in [9.17, 15) is 18.0 Å². The van der Waals surface area contributed by atoms with Crippen molar-refractivity contribution in [1.29, 1.82) is 0 Å². The second-order valence-corrected chi connectivity index (χ2v) is 8.69. The van der Waals surface area contributed by atoms with Crippen molar-refractivity contribution in [3.63, 3.8) is 0 Å². The zero-order chi connectivity index (χ0) is 20.6. The fraction of sp³-hybridized carbons (Fsp3) is 0.529. The summed E-state index contributed by atoms with van der Waals surface area (Å²) in [5, 5.41) is 2.63. The number of benzene rings is 1. The van der Waals surface area contributed by atoms with Crippen LogP contribution in [0.3, 0.4) is 0 Å². The fourth-order valence-electron chi connectivity index (χ4n) is 1.91. The first-order valence-corrected chi connectivity index (χ1v) is 10.1. The molecule has 1 aromatic rings. The van der Waals surface area contributed by atoms with E-state index in [-0.39, 0.29) is 21.6 Å². The summed E-state index contributed by atoms with van der Waals surface area (Å²) in [5.41, 5.74) is -0.127. The van der Waals surface area contributed by atoms with Gasteiger partial charge in [0.05, 0.1) is 21.6 Å². The van der Waals surface area contributed by atoms with E-state index < -0.39 is 28.5 Å². The Bertz CT molecular complexity index is 765. The molecule has 0 atom stereocenters. The van der Waals surface area contributed by atoms with Gasteiger partial charge in [-0.25, -0.2) is 17.5 Å². The Morgan fingerprint density at radius 2 is 1.93 bits per heavy atom. The summed E-state index contributed by atoms with van der Waals surface area (Å²) >= 11 is 5.96. The largest absolute Gasteiger partial charge is 0.452 e. The molecule has 27 heavy (non-hydrogen) atoms. The van der Waals surface area contributed by atoms with Gasteiger partial charge in [-0.3, -0.25) is 4.79 Å². The van der Waals surface area contributed by atoms with E-state index >= 15 is 0 Å². The molecule has 0 fully saturated rings. The molecular formula is C17H25ClN2O6S. The molecule has 0 aliphatic heterocycles. The highest BCUT2D eigenvalue weighted by Gasteiger charge is 2.21. The van der Waals surface area contributed by atoms with Crippen LogP contribution in [0.5, 0.6) is 0 Å². The van der Waals surface area contributed by atoms with E-state index in [0.29, 0.717) is 19.6 Å². The number of hydrogen-bond donors (Lipinski definition) is 1. The number of ether oxygens (including phenoxy) is 2. The van der Waals surface area contributed by atoms with Gasteiger partial charge in [-0.15, -0.1) is 0 Å². The van der Waals surface area contributed by atoms with E-state index in [1.165, 1.54) is 26.2 Å². The summed E-state index contributed by atoms with van der Waals surface area (Å²) in [4.78, 5) is 23.8. The van der Waals surface area contributed by atoms with Crippen molar-refractivity contribution in [2.45, 2.75) is 31.3 Å². The molecule has 1 rings (SSSR count). The van der Waals surface area contributed by atoms with Crippen LogP contribution >= 0.6 is 11.6 Å². The second kappa shape index (κ2) is 10.6. The average molecular weight is 421 g/mol. The van der Waals surface area contributed by atoms with Crippen LogP contribution in [0.15, 0.2) is 23.1 Å². The normalized spacial score (nSPS) is 11.7. The number of esters is 1. The van der Waals surface area contributed by atoms with E-state index in [1.807, 2.05) is 13.8 Å². The number of carbonyl (C=O) groups is 2. The molecule has 0 saturated carbocycles. The minimum Gasteiger partial charge on any atom is -0.452 e. The molecule has 0 unspecified atom stereocenters. The third-order valence-electron chi connectivity index (χ3n) is 3.37. The Labute approximate surface area is 164 Å². The summed E-state index contributed by atoms with van der Waals surface area (Å²) in [5.74, 6) is -1.35. The highest BCUT2D eigenvalue weighted by atomic mass is 35.5. The van der Waals surface area contributed by atoms with Crippen molar-refractivity contribution >= 4 is 33.5 Å². The molecule has 152 valence electrons. The van der Waals surface area contributed by atoms with Crippen molar-refractivity contribution < 1.29 is 27.5 Å². The molecule has 0 spiro atoms. The molecule has 8 nitrogen and oxygen atoms in total. The Balaban J connectivity index is 2.61. The van der Waals surface area contributed by atoms with E-state index in [2.05, 4.69) is 5.32 Å². The first-order valence-electron chi connectivity index (χ1n) is 8.33. The average Bonchev–Trinajstić information content (AvgIpc) is 2.59. The van der Waals surface area contributed by atoms with Crippen LogP contribution in [0.2, 0.25) is 5.02 Å². The molecule has 0 aromatic heterocycles. The molecule has 1 amide bonds. The second-order valence-electron chi connectivity index (χ2n) is 6.13. The monoisotopic (exact) mass is 420 g/mol. The standard InChI is InChI=1S/C17H25ClN2O6S/c1-12(2)25-9-5-8-19-16(21)11-26-17(22)14-10-13(6-7-15(14)18)27(23,24)20(3)4/h6-7,10,12H,5,8-9,11H2,1-4H3,(H,19,21). The number of sulfonamides is 1.